The lowest BCUT2D eigenvalue weighted by molar-refractivity contribution is -0.145. The van der Waals surface area contributed by atoms with Gasteiger partial charge in [0.25, 0.3) is 0 Å². The summed E-state index contributed by atoms with van der Waals surface area (Å²) in [6.07, 6.45) is 2.60. The van der Waals surface area contributed by atoms with E-state index < -0.39 is 6.17 Å². The van der Waals surface area contributed by atoms with Crippen molar-refractivity contribution in [3.63, 3.8) is 0 Å². The standard InChI is InChI=1S/C14H20FN3O2/c1-17-13-9(7-16-17)3-4-18(12(13)8-20-2)14(19)10-5-11(15)6-10/h7,10-12H,3-6,8H2,1-2H3/t10?,11?,12-/m0/s1. The number of alkyl halides is 1. The molecule has 2 aliphatic rings. The van der Waals surface area contributed by atoms with Crippen LogP contribution in [0.1, 0.15) is 30.1 Å². The highest BCUT2D eigenvalue weighted by atomic mass is 19.1. The quantitative estimate of drug-likeness (QED) is 0.837. The van der Waals surface area contributed by atoms with Crippen LogP contribution in [-0.2, 0) is 23.0 Å². The highest BCUT2D eigenvalue weighted by molar-refractivity contribution is 5.80. The molecule has 0 saturated heterocycles. The molecule has 1 aromatic rings. The first kappa shape index (κ1) is 13.5. The Bertz CT molecular complexity index is 511. The van der Waals surface area contributed by atoms with Gasteiger partial charge < -0.3 is 9.64 Å². The fourth-order valence-corrected chi connectivity index (χ4v) is 3.23. The molecule has 5 nitrogen and oxygen atoms in total. The first-order valence-electron chi connectivity index (χ1n) is 7.06. The molecule has 110 valence electrons. The first-order valence-corrected chi connectivity index (χ1v) is 7.06. The molecule has 0 bridgehead atoms. The largest absolute Gasteiger partial charge is 0.382 e. The summed E-state index contributed by atoms with van der Waals surface area (Å²) in [5.74, 6) is -0.0908. The lowest BCUT2D eigenvalue weighted by atomic mass is 9.81. The molecule has 0 unspecified atom stereocenters. The van der Waals surface area contributed by atoms with Gasteiger partial charge in [-0.05, 0) is 24.8 Å². The van der Waals surface area contributed by atoms with Gasteiger partial charge in [-0.15, -0.1) is 0 Å². The van der Waals surface area contributed by atoms with Crippen LogP contribution in [0, 0.1) is 5.92 Å². The Balaban J connectivity index is 1.84. The van der Waals surface area contributed by atoms with Crippen LogP contribution >= 0.6 is 0 Å². The number of halogens is 1. The lowest BCUT2D eigenvalue weighted by Gasteiger charge is -2.40. The van der Waals surface area contributed by atoms with Crippen molar-refractivity contribution in [3.8, 4) is 0 Å². The maximum absolute atomic E-state index is 13.0. The zero-order chi connectivity index (χ0) is 14.3. The normalized spacial score (nSPS) is 28.9. The average molecular weight is 281 g/mol. The zero-order valence-corrected chi connectivity index (χ0v) is 11.9. The van der Waals surface area contributed by atoms with E-state index in [1.165, 1.54) is 5.56 Å². The molecule has 1 atom stereocenters. The summed E-state index contributed by atoms with van der Waals surface area (Å²) in [6, 6.07) is -0.109. The number of fused-ring (bicyclic) bond motifs is 1. The molecule has 0 N–H and O–H groups in total. The van der Waals surface area contributed by atoms with Crippen LogP contribution in [0.15, 0.2) is 6.20 Å². The number of hydrogen-bond acceptors (Lipinski definition) is 3. The summed E-state index contributed by atoms with van der Waals surface area (Å²) >= 11 is 0. The van der Waals surface area contributed by atoms with Gasteiger partial charge in [-0.25, -0.2) is 4.39 Å². The Kier molecular flexibility index (Phi) is 3.50. The summed E-state index contributed by atoms with van der Waals surface area (Å²) in [5.41, 5.74) is 2.22. The Morgan fingerprint density at radius 1 is 1.55 bits per heavy atom. The average Bonchev–Trinajstić information content (AvgIpc) is 2.77. The van der Waals surface area contributed by atoms with Crippen molar-refractivity contribution in [1.29, 1.82) is 0 Å². The molecular weight excluding hydrogens is 261 g/mol. The third-order valence-electron chi connectivity index (χ3n) is 4.42. The second-order valence-corrected chi connectivity index (χ2v) is 5.70. The van der Waals surface area contributed by atoms with Gasteiger partial charge in [0.15, 0.2) is 0 Å². The number of hydrogen-bond donors (Lipinski definition) is 0. The molecule has 1 saturated carbocycles. The van der Waals surface area contributed by atoms with Crippen molar-refractivity contribution in [1.82, 2.24) is 14.7 Å². The van der Waals surface area contributed by atoms with E-state index in [0.717, 1.165) is 12.1 Å². The number of nitrogens with zero attached hydrogens (tertiary/aromatic N) is 3. The molecule has 0 aromatic carbocycles. The lowest BCUT2D eigenvalue weighted by Crippen LogP contribution is -2.48. The highest BCUT2D eigenvalue weighted by Gasteiger charge is 2.41. The molecule has 0 spiro atoms. The Morgan fingerprint density at radius 3 is 2.95 bits per heavy atom. The number of aryl methyl sites for hydroxylation is 1. The molecule has 3 rings (SSSR count). The van der Waals surface area contributed by atoms with Crippen molar-refractivity contribution in [3.05, 3.63) is 17.5 Å². The van der Waals surface area contributed by atoms with Crippen LogP contribution in [-0.4, -0.2) is 47.0 Å². The number of carbonyl (C=O) groups excluding carboxylic acids is 1. The van der Waals surface area contributed by atoms with Crippen LogP contribution in [0.2, 0.25) is 0 Å². The van der Waals surface area contributed by atoms with Crippen molar-refractivity contribution in [2.45, 2.75) is 31.5 Å². The molecule has 1 amide bonds. The Labute approximate surface area is 117 Å². The van der Waals surface area contributed by atoms with Gasteiger partial charge in [-0.1, -0.05) is 0 Å². The van der Waals surface area contributed by atoms with E-state index in [1.807, 2.05) is 22.8 Å². The number of carbonyl (C=O) groups is 1. The topological polar surface area (TPSA) is 47.4 Å². The van der Waals surface area contributed by atoms with Gasteiger partial charge >= 0.3 is 0 Å². The number of methoxy groups -OCH3 is 1. The molecule has 6 heteroatoms. The van der Waals surface area contributed by atoms with Crippen LogP contribution in [0.3, 0.4) is 0 Å². The molecule has 2 heterocycles. The minimum Gasteiger partial charge on any atom is -0.382 e. The fourth-order valence-electron chi connectivity index (χ4n) is 3.23. The number of amides is 1. The van der Waals surface area contributed by atoms with E-state index >= 15 is 0 Å². The van der Waals surface area contributed by atoms with E-state index in [1.54, 1.807) is 7.11 Å². The second-order valence-electron chi connectivity index (χ2n) is 5.70. The van der Waals surface area contributed by atoms with Crippen molar-refractivity contribution >= 4 is 5.91 Å². The van der Waals surface area contributed by atoms with E-state index in [9.17, 15) is 9.18 Å². The molecule has 1 aliphatic heterocycles. The predicted molar refractivity (Wildman–Crippen MR) is 70.9 cm³/mol. The summed E-state index contributed by atoms with van der Waals surface area (Å²) in [5, 5.41) is 4.28. The van der Waals surface area contributed by atoms with Gasteiger partial charge in [0.2, 0.25) is 5.91 Å². The van der Waals surface area contributed by atoms with Gasteiger partial charge in [0, 0.05) is 26.6 Å². The molecule has 1 aliphatic carbocycles. The summed E-state index contributed by atoms with van der Waals surface area (Å²) in [7, 11) is 3.52. The summed E-state index contributed by atoms with van der Waals surface area (Å²) < 4.78 is 20.1. The highest BCUT2D eigenvalue weighted by Crippen LogP contribution is 2.36. The zero-order valence-electron chi connectivity index (χ0n) is 11.9. The van der Waals surface area contributed by atoms with E-state index in [2.05, 4.69) is 5.10 Å². The van der Waals surface area contributed by atoms with Gasteiger partial charge in [-0.2, -0.15) is 5.10 Å². The first-order chi connectivity index (χ1) is 9.61. The number of ether oxygens (including phenoxy) is 1. The van der Waals surface area contributed by atoms with E-state index in [4.69, 9.17) is 4.74 Å². The van der Waals surface area contributed by atoms with Crippen LogP contribution in [0.25, 0.3) is 0 Å². The minimum atomic E-state index is -0.804. The van der Waals surface area contributed by atoms with E-state index in [0.29, 0.717) is 26.0 Å². The third-order valence-corrected chi connectivity index (χ3v) is 4.42. The second kappa shape index (κ2) is 5.16. The van der Waals surface area contributed by atoms with Crippen LogP contribution in [0.4, 0.5) is 4.39 Å². The minimum absolute atomic E-state index is 0.0628. The fraction of sp³-hybridized carbons (Fsp3) is 0.714. The van der Waals surface area contributed by atoms with Crippen LogP contribution < -0.4 is 0 Å². The summed E-state index contributed by atoms with van der Waals surface area (Å²) in [4.78, 5) is 14.4. The molecule has 1 aromatic heterocycles. The van der Waals surface area contributed by atoms with Gasteiger partial charge in [0.05, 0.1) is 24.5 Å². The maximum atomic E-state index is 13.0. The smallest absolute Gasteiger partial charge is 0.226 e. The number of aromatic nitrogens is 2. The monoisotopic (exact) mass is 281 g/mol. The summed E-state index contributed by atoms with van der Waals surface area (Å²) in [6.45, 7) is 1.11. The van der Waals surface area contributed by atoms with E-state index in [-0.39, 0.29) is 17.9 Å². The van der Waals surface area contributed by atoms with Crippen LogP contribution in [0.5, 0.6) is 0 Å². The van der Waals surface area contributed by atoms with Crippen molar-refractivity contribution in [2.75, 3.05) is 20.3 Å². The molecular formula is C14H20FN3O2. The Hall–Kier alpha value is -1.43. The number of rotatable bonds is 3. The van der Waals surface area contributed by atoms with Crippen molar-refractivity contribution < 1.29 is 13.9 Å². The SMILES string of the molecule is COC[C@H]1c2c(cnn2C)CCN1C(=O)C1CC(F)C1. The predicted octanol–water partition coefficient (Wildman–Crippen LogP) is 1.24. The third kappa shape index (κ3) is 2.12. The molecule has 1 fully saturated rings. The van der Waals surface area contributed by atoms with Gasteiger partial charge in [-0.3, -0.25) is 9.48 Å². The molecule has 20 heavy (non-hydrogen) atoms. The maximum Gasteiger partial charge on any atom is 0.226 e. The Morgan fingerprint density at radius 2 is 2.30 bits per heavy atom. The van der Waals surface area contributed by atoms with Crippen molar-refractivity contribution in [2.24, 2.45) is 13.0 Å². The van der Waals surface area contributed by atoms with Gasteiger partial charge in [0.1, 0.15) is 6.17 Å². The molecule has 0 radical (unpaired) electrons.